The molecule has 0 spiro atoms. The van der Waals surface area contributed by atoms with E-state index in [1.807, 2.05) is 31.2 Å². The van der Waals surface area contributed by atoms with E-state index in [9.17, 15) is 10.1 Å². The van der Waals surface area contributed by atoms with Gasteiger partial charge in [0.15, 0.2) is 11.5 Å². The van der Waals surface area contributed by atoms with Gasteiger partial charge in [-0.2, -0.15) is 5.26 Å². The van der Waals surface area contributed by atoms with Crippen molar-refractivity contribution in [2.45, 2.75) is 6.92 Å². The van der Waals surface area contributed by atoms with Crippen molar-refractivity contribution in [1.29, 1.82) is 5.26 Å². The largest absolute Gasteiger partial charge is 0.493 e. The van der Waals surface area contributed by atoms with Gasteiger partial charge in [-0.25, -0.2) is 0 Å². The van der Waals surface area contributed by atoms with Gasteiger partial charge in [0.1, 0.15) is 11.6 Å². The SMILES string of the molecule is COc1ccc(/C=C(\C#N)C(=O)c2c[nH]c3cccc(C)c23)cc1OC. The lowest BCUT2D eigenvalue weighted by Gasteiger charge is -2.08. The van der Waals surface area contributed by atoms with Crippen LogP contribution in [0.3, 0.4) is 0 Å². The molecule has 130 valence electrons. The number of benzene rings is 2. The van der Waals surface area contributed by atoms with Crippen LogP contribution < -0.4 is 9.47 Å². The predicted molar refractivity (Wildman–Crippen MR) is 101 cm³/mol. The number of H-pyrrole nitrogens is 1. The first-order chi connectivity index (χ1) is 12.6. The zero-order chi connectivity index (χ0) is 18.7. The third-order valence-corrected chi connectivity index (χ3v) is 4.24. The van der Waals surface area contributed by atoms with Crippen molar-refractivity contribution in [2.75, 3.05) is 14.2 Å². The summed E-state index contributed by atoms with van der Waals surface area (Å²) in [5.41, 5.74) is 3.09. The van der Waals surface area contributed by atoms with Crippen LogP contribution in [-0.2, 0) is 0 Å². The number of fused-ring (bicyclic) bond motifs is 1. The Hall–Kier alpha value is -3.52. The van der Waals surface area contributed by atoms with Crippen LogP contribution in [0.2, 0.25) is 0 Å². The van der Waals surface area contributed by atoms with Crippen LogP contribution >= 0.6 is 0 Å². The number of Topliss-reactive ketones (excluding diaryl/α,β-unsaturated/α-hetero) is 1. The van der Waals surface area contributed by atoms with Crippen molar-refractivity contribution < 1.29 is 14.3 Å². The smallest absolute Gasteiger partial charge is 0.205 e. The first-order valence-electron chi connectivity index (χ1n) is 8.04. The van der Waals surface area contributed by atoms with E-state index in [1.165, 1.54) is 7.11 Å². The van der Waals surface area contributed by atoms with Crippen molar-refractivity contribution in [3.05, 3.63) is 64.9 Å². The Balaban J connectivity index is 2.04. The first-order valence-corrected chi connectivity index (χ1v) is 8.04. The van der Waals surface area contributed by atoms with Crippen LogP contribution in [0.25, 0.3) is 17.0 Å². The van der Waals surface area contributed by atoms with E-state index in [4.69, 9.17) is 9.47 Å². The number of methoxy groups -OCH3 is 2. The summed E-state index contributed by atoms with van der Waals surface area (Å²) in [6.07, 6.45) is 3.21. The van der Waals surface area contributed by atoms with Gasteiger partial charge in [-0.05, 0) is 42.3 Å². The van der Waals surface area contributed by atoms with Gasteiger partial charge in [-0.1, -0.05) is 18.2 Å². The van der Waals surface area contributed by atoms with Crippen LogP contribution in [0.5, 0.6) is 11.5 Å². The number of nitrogens with one attached hydrogen (secondary N) is 1. The molecule has 0 amide bonds. The van der Waals surface area contributed by atoms with Crippen LogP contribution in [0.1, 0.15) is 21.5 Å². The second kappa shape index (κ2) is 7.16. The molecule has 5 nitrogen and oxygen atoms in total. The average Bonchev–Trinajstić information content (AvgIpc) is 3.10. The fourth-order valence-corrected chi connectivity index (χ4v) is 2.95. The summed E-state index contributed by atoms with van der Waals surface area (Å²) in [5.74, 6) is 0.804. The topological polar surface area (TPSA) is 75.1 Å². The number of ether oxygens (including phenoxy) is 2. The van der Waals surface area contributed by atoms with Gasteiger partial charge in [0.25, 0.3) is 0 Å². The number of carbonyl (C=O) groups is 1. The second-order valence-corrected chi connectivity index (χ2v) is 5.81. The minimum atomic E-state index is -0.317. The molecule has 0 fully saturated rings. The monoisotopic (exact) mass is 346 g/mol. The number of aromatic nitrogens is 1. The van der Waals surface area contributed by atoms with Crippen LogP contribution in [-0.4, -0.2) is 25.0 Å². The van der Waals surface area contributed by atoms with Gasteiger partial charge in [-0.15, -0.1) is 0 Å². The molecule has 26 heavy (non-hydrogen) atoms. The molecule has 3 rings (SSSR count). The Morgan fingerprint density at radius 2 is 1.92 bits per heavy atom. The minimum Gasteiger partial charge on any atom is -0.493 e. The lowest BCUT2D eigenvalue weighted by molar-refractivity contribution is 0.104. The Morgan fingerprint density at radius 1 is 1.15 bits per heavy atom. The van der Waals surface area contributed by atoms with E-state index in [1.54, 1.807) is 37.6 Å². The number of ketones is 1. The number of nitrogens with zero attached hydrogens (tertiary/aromatic N) is 1. The van der Waals surface area contributed by atoms with Crippen molar-refractivity contribution in [2.24, 2.45) is 0 Å². The fourth-order valence-electron chi connectivity index (χ4n) is 2.95. The van der Waals surface area contributed by atoms with Crippen molar-refractivity contribution in [1.82, 2.24) is 4.98 Å². The van der Waals surface area contributed by atoms with Gasteiger partial charge in [0.05, 0.1) is 14.2 Å². The third-order valence-electron chi connectivity index (χ3n) is 4.24. The van der Waals surface area contributed by atoms with Crippen molar-refractivity contribution in [3.8, 4) is 17.6 Å². The molecule has 1 heterocycles. The number of aromatic amines is 1. The molecule has 1 N–H and O–H groups in total. The lowest BCUT2D eigenvalue weighted by Crippen LogP contribution is -2.01. The van der Waals surface area contributed by atoms with Crippen LogP contribution in [0.4, 0.5) is 0 Å². The number of allylic oxidation sites excluding steroid dienone is 1. The van der Waals surface area contributed by atoms with E-state index in [-0.39, 0.29) is 11.4 Å². The number of nitriles is 1. The zero-order valence-corrected chi connectivity index (χ0v) is 14.8. The quantitative estimate of drug-likeness (QED) is 0.425. The van der Waals surface area contributed by atoms with Gasteiger partial charge >= 0.3 is 0 Å². The number of aryl methyl sites for hydroxylation is 1. The highest BCUT2D eigenvalue weighted by Gasteiger charge is 2.18. The Kier molecular flexibility index (Phi) is 4.76. The normalized spacial score (nSPS) is 11.2. The number of rotatable bonds is 5. The summed E-state index contributed by atoms with van der Waals surface area (Å²) in [7, 11) is 3.09. The molecule has 0 saturated carbocycles. The molecule has 1 aromatic heterocycles. The molecule has 0 aliphatic carbocycles. The predicted octanol–water partition coefficient (Wildman–Crippen LogP) is 4.28. The Morgan fingerprint density at radius 3 is 2.62 bits per heavy atom. The van der Waals surface area contributed by atoms with E-state index in [0.717, 1.165) is 16.5 Å². The van der Waals surface area contributed by atoms with E-state index in [0.29, 0.717) is 22.6 Å². The van der Waals surface area contributed by atoms with Crippen molar-refractivity contribution >= 4 is 22.8 Å². The molecule has 3 aromatic rings. The number of hydrogen-bond acceptors (Lipinski definition) is 4. The molecular formula is C21H18N2O3. The highest BCUT2D eigenvalue weighted by Crippen LogP contribution is 2.29. The second-order valence-electron chi connectivity index (χ2n) is 5.81. The summed E-state index contributed by atoms with van der Waals surface area (Å²) in [6.45, 7) is 1.94. The average molecular weight is 346 g/mol. The maximum Gasteiger partial charge on any atom is 0.205 e. The Labute approximate surface area is 151 Å². The summed E-state index contributed by atoms with van der Waals surface area (Å²) >= 11 is 0. The maximum atomic E-state index is 12.9. The number of hydrogen-bond donors (Lipinski definition) is 1. The zero-order valence-electron chi connectivity index (χ0n) is 14.8. The van der Waals surface area contributed by atoms with Gasteiger partial charge in [-0.3, -0.25) is 4.79 Å². The van der Waals surface area contributed by atoms with Crippen LogP contribution in [0, 0.1) is 18.3 Å². The highest BCUT2D eigenvalue weighted by atomic mass is 16.5. The van der Waals surface area contributed by atoms with Crippen LogP contribution in [0.15, 0.2) is 48.2 Å². The van der Waals surface area contributed by atoms with E-state index in [2.05, 4.69) is 4.98 Å². The molecular weight excluding hydrogens is 328 g/mol. The Bertz CT molecular complexity index is 1050. The molecule has 0 aliphatic heterocycles. The first kappa shape index (κ1) is 17.3. The fraction of sp³-hybridized carbons (Fsp3) is 0.143. The molecule has 0 radical (unpaired) electrons. The summed E-state index contributed by atoms with van der Waals surface area (Å²) in [5, 5.41) is 10.4. The molecule has 0 atom stereocenters. The molecule has 0 unspecified atom stereocenters. The lowest BCUT2D eigenvalue weighted by atomic mass is 9.99. The summed E-state index contributed by atoms with van der Waals surface area (Å²) < 4.78 is 10.5. The number of carbonyl (C=O) groups excluding carboxylic acids is 1. The summed E-state index contributed by atoms with van der Waals surface area (Å²) in [4.78, 5) is 16.0. The van der Waals surface area contributed by atoms with Gasteiger partial charge < -0.3 is 14.5 Å². The van der Waals surface area contributed by atoms with E-state index >= 15 is 0 Å². The third kappa shape index (κ3) is 3.05. The molecule has 0 aliphatic rings. The standard InChI is InChI=1S/C21H18N2O3/c1-13-5-4-6-17-20(13)16(12-23-17)21(24)15(11-22)9-14-7-8-18(25-2)19(10-14)26-3/h4-10,12,23H,1-3H3/b15-9+. The van der Waals surface area contributed by atoms with E-state index < -0.39 is 0 Å². The van der Waals surface area contributed by atoms with Gasteiger partial charge in [0.2, 0.25) is 5.78 Å². The maximum absolute atomic E-state index is 12.9. The molecule has 5 heteroatoms. The van der Waals surface area contributed by atoms with Gasteiger partial charge in [0, 0.05) is 22.7 Å². The minimum absolute atomic E-state index is 0.0568. The van der Waals surface area contributed by atoms with Crippen molar-refractivity contribution in [3.63, 3.8) is 0 Å². The molecule has 0 saturated heterocycles. The molecule has 0 bridgehead atoms. The summed E-state index contributed by atoms with van der Waals surface area (Å²) in [6, 6.07) is 13.0. The molecule has 2 aromatic carbocycles. The highest BCUT2D eigenvalue weighted by molar-refractivity contribution is 6.20.